The molecule has 0 aliphatic rings. The van der Waals surface area contributed by atoms with Crippen LogP contribution in [0.5, 0.6) is 5.75 Å². The molecule has 0 aliphatic carbocycles. The SMILES string of the molecule is Oc1ccc(Br)c(C(F)(F)F)c1C(F)(F)F. The molecule has 0 amide bonds. The Hall–Kier alpha value is -0.920. The van der Waals surface area contributed by atoms with Crippen LogP contribution in [-0.2, 0) is 12.4 Å². The molecule has 0 radical (unpaired) electrons. The first-order valence-electron chi connectivity index (χ1n) is 3.71. The second kappa shape index (κ2) is 3.83. The van der Waals surface area contributed by atoms with E-state index in [0.29, 0.717) is 12.1 Å². The molecule has 0 aliphatic heterocycles. The second-order valence-corrected chi connectivity index (χ2v) is 3.67. The Morgan fingerprint density at radius 3 is 1.62 bits per heavy atom. The Morgan fingerprint density at radius 2 is 1.31 bits per heavy atom. The maximum atomic E-state index is 12.4. The molecular weight excluding hydrogens is 306 g/mol. The monoisotopic (exact) mass is 308 g/mol. The third kappa shape index (κ3) is 2.42. The summed E-state index contributed by atoms with van der Waals surface area (Å²) in [6, 6.07) is 1.25. The molecule has 1 rings (SSSR count). The summed E-state index contributed by atoms with van der Waals surface area (Å²) in [5.74, 6) is -1.46. The molecule has 0 unspecified atom stereocenters. The molecule has 1 aromatic rings. The van der Waals surface area contributed by atoms with Gasteiger partial charge >= 0.3 is 12.4 Å². The van der Waals surface area contributed by atoms with Crippen LogP contribution in [0.3, 0.4) is 0 Å². The van der Waals surface area contributed by atoms with E-state index in [0.717, 1.165) is 0 Å². The summed E-state index contributed by atoms with van der Waals surface area (Å²) in [7, 11) is 0. The summed E-state index contributed by atoms with van der Waals surface area (Å²) in [4.78, 5) is 0. The van der Waals surface area contributed by atoms with Crippen molar-refractivity contribution in [1.82, 2.24) is 0 Å². The van der Waals surface area contributed by atoms with E-state index in [2.05, 4.69) is 15.9 Å². The molecule has 0 saturated carbocycles. The Morgan fingerprint density at radius 1 is 0.875 bits per heavy atom. The van der Waals surface area contributed by atoms with Crippen molar-refractivity contribution in [3.8, 4) is 5.75 Å². The fourth-order valence-electron chi connectivity index (χ4n) is 1.13. The maximum absolute atomic E-state index is 12.4. The highest BCUT2D eigenvalue weighted by atomic mass is 79.9. The van der Waals surface area contributed by atoms with Crippen molar-refractivity contribution in [2.45, 2.75) is 12.4 Å². The number of phenols is 1. The third-order valence-corrected chi connectivity index (χ3v) is 2.36. The summed E-state index contributed by atoms with van der Waals surface area (Å²) in [5, 5.41) is 8.87. The van der Waals surface area contributed by atoms with E-state index >= 15 is 0 Å². The van der Waals surface area contributed by atoms with E-state index in [1.54, 1.807) is 0 Å². The van der Waals surface area contributed by atoms with Crippen molar-refractivity contribution in [3.05, 3.63) is 27.7 Å². The molecule has 0 aromatic heterocycles. The molecule has 1 N–H and O–H groups in total. The van der Waals surface area contributed by atoms with E-state index in [4.69, 9.17) is 5.11 Å². The number of rotatable bonds is 0. The highest BCUT2D eigenvalue weighted by Crippen LogP contribution is 2.47. The quantitative estimate of drug-likeness (QED) is 0.712. The number of aromatic hydroxyl groups is 1. The number of hydrogen-bond donors (Lipinski definition) is 1. The first-order valence-corrected chi connectivity index (χ1v) is 4.50. The lowest BCUT2D eigenvalue weighted by molar-refractivity contribution is -0.163. The minimum atomic E-state index is -5.28. The first kappa shape index (κ1) is 13.1. The third-order valence-electron chi connectivity index (χ3n) is 1.70. The molecule has 90 valence electrons. The minimum Gasteiger partial charge on any atom is -0.507 e. The van der Waals surface area contributed by atoms with E-state index in [-0.39, 0.29) is 0 Å². The lowest BCUT2D eigenvalue weighted by Crippen LogP contribution is -2.17. The minimum absolute atomic E-state index is 0.544. The van der Waals surface area contributed by atoms with Gasteiger partial charge in [0, 0.05) is 4.47 Å². The van der Waals surface area contributed by atoms with Crippen LogP contribution in [0.1, 0.15) is 11.1 Å². The molecule has 0 heterocycles. The van der Waals surface area contributed by atoms with E-state index in [1.165, 1.54) is 0 Å². The van der Waals surface area contributed by atoms with Crippen LogP contribution in [0.15, 0.2) is 16.6 Å². The topological polar surface area (TPSA) is 20.2 Å². The van der Waals surface area contributed by atoms with Gasteiger partial charge in [0.05, 0.1) is 5.56 Å². The largest absolute Gasteiger partial charge is 0.507 e. The fourth-order valence-corrected chi connectivity index (χ4v) is 1.69. The number of benzene rings is 1. The van der Waals surface area contributed by atoms with E-state index < -0.39 is 33.7 Å². The normalized spacial score (nSPS) is 12.9. The summed E-state index contributed by atoms with van der Waals surface area (Å²) >= 11 is 2.38. The smallest absolute Gasteiger partial charge is 0.420 e. The number of alkyl halides is 6. The molecule has 0 saturated heterocycles. The summed E-state index contributed by atoms with van der Waals surface area (Å²) in [6.45, 7) is 0. The van der Waals surface area contributed by atoms with Crippen LogP contribution >= 0.6 is 15.9 Å². The maximum Gasteiger partial charge on any atom is 0.420 e. The molecule has 16 heavy (non-hydrogen) atoms. The average Bonchev–Trinajstić information content (AvgIpc) is 2.04. The number of hydrogen-bond acceptors (Lipinski definition) is 1. The zero-order valence-electron chi connectivity index (χ0n) is 7.25. The zero-order valence-corrected chi connectivity index (χ0v) is 8.83. The van der Waals surface area contributed by atoms with Crippen molar-refractivity contribution in [2.75, 3.05) is 0 Å². The van der Waals surface area contributed by atoms with Gasteiger partial charge in [-0.3, -0.25) is 0 Å². The average molecular weight is 309 g/mol. The van der Waals surface area contributed by atoms with Gasteiger partial charge in [-0.15, -0.1) is 0 Å². The van der Waals surface area contributed by atoms with Gasteiger partial charge in [-0.2, -0.15) is 26.3 Å². The lowest BCUT2D eigenvalue weighted by Gasteiger charge is -2.17. The molecule has 0 spiro atoms. The van der Waals surface area contributed by atoms with Crippen LogP contribution in [0.4, 0.5) is 26.3 Å². The van der Waals surface area contributed by atoms with E-state index in [9.17, 15) is 26.3 Å². The van der Waals surface area contributed by atoms with Gasteiger partial charge in [-0.1, -0.05) is 15.9 Å². The van der Waals surface area contributed by atoms with Gasteiger partial charge in [-0.05, 0) is 12.1 Å². The number of halogens is 7. The van der Waals surface area contributed by atoms with E-state index in [1.807, 2.05) is 0 Å². The van der Waals surface area contributed by atoms with Crippen molar-refractivity contribution in [2.24, 2.45) is 0 Å². The molecule has 1 aromatic carbocycles. The Labute approximate surface area is 93.8 Å². The van der Waals surface area contributed by atoms with Crippen molar-refractivity contribution >= 4 is 15.9 Å². The standard InChI is InChI=1S/C8H3BrF6O/c9-3-1-2-4(16)6(8(13,14)15)5(3)7(10,11)12/h1-2,16H. The Balaban J connectivity index is 3.64. The van der Waals surface area contributed by atoms with Crippen LogP contribution in [-0.4, -0.2) is 5.11 Å². The predicted molar refractivity (Wildman–Crippen MR) is 45.8 cm³/mol. The molecular formula is C8H3BrF6O. The van der Waals surface area contributed by atoms with Crippen molar-refractivity contribution in [3.63, 3.8) is 0 Å². The van der Waals surface area contributed by atoms with Gasteiger partial charge in [0.15, 0.2) is 0 Å². The van der Waals surface area contributed by atoms with Crippen molar-refractivity contribution < 1.29 is 31.4 Å². The molecule has 1 nitrogen and oxygen atoms in total. The highest BCUT2D eigenvalue weighted by molar-refractivity contribution is 9.10. The molecule has 0 fully saturated rings. The Bertz CT molecular complexity index is 369. The molecule has 8 heteroatoms. The summed E-state index contributed by atoms with van der Waals surface area (Å²) in [5.41, 5.74) is -4.02. The number of phenolic OH excluding ortho intramolecular Hbond substituents is 1. The molecule has 0 bridgehead atoms. The van der Waals surface area contributed by atoms with Crippen molar-refractivity contribution in [1.29, 1.82) is 0 Å². The highest BCUT2D eigenvalue weighted by Gasteiger charge is 2.46. The van der Waals surface area contributed by atoms with Gasteiger partial charge in [0.1, 0.15) is 11.3 Å². The predicted octanol–water partition coefficient (Wildman–Crippen LogP) is 4.19. The summed E-state index contributed by atoms with van der Waals surface area (Å²) < 4.78 is 73.4. The first-order chi connectivity index (χ1) is 7.05. The van der Waals surface area contributed by atoms with Gasteiger partial charge in [-0.25, -0.2) is 0 Å². The van der Waals surface area contributed by atoms with Crippen LogP contribution in [0.25, 0.3) is 0 Å². The van der Waals surface area contributed by atoms with Gasteiger partial charge in [0.25, 0.3) is 0 Å². The van der Waals surface area contributed by atoms with Crippen LogP contribution in [0, 0.1) is 0 Å². The lowest BCUT2D eigenvalue weighted by atomic mass is 10.1. The summed E-state index contributed by atoms with van der Waals surface area (Å²) in [6.07, 6.45) is -10.5. The van der Waals surface area contributed by atoms with Crippen LogP contribution in [0.2, 0.25) is 0 Å². The van der Waals surface area contributed by atoms with Crippen LogP contribution < -0.4 is 0 Å². The fraction of sp³-hybridized carbons (Fsp3) is 0.250. The van der Waals surface area contributed by atoms with Gasteiger partial charge < -0.3 is 5.11 Å². The zero-order chi connectivity index (χ0) is 12.7. The van der Waals surface area contributed by atoms with Gasteiger partial charge in [0.2, 0.25) is 0 Å². The molecule has 0 atom stereocenters. The second-order valence-electron chi connectivity index (χ2n) is 2.81. The Kier molecular flexibility index (Phi) is 3.15.